The van der Waals surface area contributed by atoms with Gasteiger partial charge in [0.15, 0.2) is 0 Å². The highest BCUT2D eigenvalue weighted by Gasteiger charge is 2.34. The van der Waals surface area contributed by atoms with Crippen LogP contribution in [-0.4, -0.2) is 39.9 Å². The molecule has 1 aliphatic heterocycles. The van der Waals surface area contributed by atoms with Crippen LogP contribution in [0.15, 0.2) is 12.1 Å². The Balaban J connectivity index is 1.56. The molecule has 0 bridgehead atoms. The van der Waals surface area contributed by atoms with Crippen LogP contribution in [0.4, 0.5) is 10.5 Å². The van der Waals surface area contributed by atoms with Gasteiger partial charge in [0.2, 0.25) is 0 Å². The summed E-state index contributed by atoms with van der Waals surface area (Å²) in [4.78, 5) is 31.4. The summed E-state index contributed by atoms with van der Waals surface area (Å²) in [5.74, 6) is 0.895. The Morgan fingerprint density at radius 1 is 1.09 bits per heavy atom. The van der Waals surface area contributed by atoms with E-state index in [2.05, 4.69) is 17.6 Å². The van der Waals surface area contributed by atoms with Crippen LogP contribution in [0.25, 0.3) is 11.0 Å². The minimum atomic E-state index is -0.678. The molecular formula is C28H39N3O4. The molecule has 0 spiro atoms. The van der Waals surface area contributed by atoms with Crippen molar-refractivity contribution in [3.8, 4) is 0 Å². The maximum Gasteiger partial charge on any atom is 0.414 e. The van der Waals surface area contributed by atoms with Crippen molar-refractivity contribution in [2.75, 3.05) is 12.0 Å². The molecule has 1 aromatic carbocycles. The van der Waals surface area contributed by atoms with Gasteiger partial charge in [0, 0.05) is 24.1 Å². The van der Waals surface area contributed by atoms with Crippen LogP contribution in [0.2, 0.25) is 0 Å². The molecule has 2 aromatic rings. The monoisotopic (exact) mass is 481 g/mol. The number of carboxylic acids is 1. The molecule has 7 nitrogen and oxygen atoms in total. The quantitative estimate of drug-likeness (QED) is 0.544. The number of imidazole rings is 1. The molecule has 1 unspecified atom stereocenters. The van der Waals surface area contributed by atoms with E-state index in [1.807, 2.05) is 6.07 Å². The van der Waals surface area contributed by atoms with E-state index in [4.69, 9.17) is 9.72 Å². The van der Waals surface area contributed by atoms with E-state index in [1.165, 1.54) is 39.2 Å². The molecule has 3 aliphatic rings. The highest BCUT2D eigenvalue weighted by Crippen LogP contribution is 2.41. The molecule has 7 heteroatoms. The number of carbonyl (C=O) groups is 2. The number of amides is 1. The van der Waals surface area contributed by atoms with Crippen molar-refractivity contribution in [3.63, 3.8) is 0 Å². The number of aryl methyl sites for hydroxylation is 2. The zero-order chi connectivity index (χ0) is 24.5. The summed E-state index contributed by atoms with van der Waals surface area (Å²) in [6.45, 7) is 2.06. The van der Waals surface area contributed by atoms with Crippen LogP contribution in [0.5, 0.6) is 0 Å². The number of aliphatic carboxylic acids is 1. The molecule has 1 aromatic heterocycles. The first-order valence-electron chi connectivity index (χ1n) is 13.6. The van der Waals surface area contributed by atoms with Crippen LogP contribution in [-0.2, 0) is 22.4 Å². The molecule has 2 heterocycles. The van der Waals surface area contributed by atoms with Gasteiger partial charge in [0.05, 0.1) is 29.7 Å². The van der Waals surface area contributed by atoms with Crippen molar-refractivity contribution in [2.24, 2.45) is 11.8 Å². The van der Waals surface area contributed by atoms with Gasteiger partial charge in [-0.2, -0.15) is 0 Å². The number of carboxylic acid groups (broad SMARTS) is 1. The average molecular weight is 482 g/mol. The van der Waals surface area contributed by atoms with Crippen LogP contribution >= 0.6 is 0 Å². The number of fused-ring (bicyclic) bond motifs is 3. The number of benzene rings is 1. The number of hydrogen-bond donors (Lipinski definition) is 1. The smallest absolute Gasteiger partial charge is 0.414 e. The fourth-order valence-corrected chi connectivity index (χ4v) is 6.84. The van der Waals surface area contributed by atoms with E-state index in [-0.39, 0.29) is 24.1 Å². The lowest BCUT2D eigenvalue weighted by Gasteiger charge is -2.34. The fourth-order valence-electron chi connectivity index (χ4n) is 6.84. The number of carbonyl (C=O) groups excluding carboxylic acids is 1. The maximum atomic E-state index is 12.6. The summed E-state index contributed by atoms with van der Waals surface area (Å²) >= 11 is 0. The molecule has 1 amide bonds. The SMILES string of the molecule is COC(=O)N1c2ccc3c(nc(CCC4CCCCC4)n3[C@@H]3CCC[C@@H](C(=O)O)C3)c2CCC1C. The van der Waals surface area contributed by atoms with Gasteiger partial charge in [0.1, 0.15) is 5.82 Å². The number of methoxy groups -OCH3 is 1. The van der Waals surface area contributed by atoms with Crippen LogP contribution in [0.1, 0.15) is 95.0 Å². The normalized spacial score (nSPS) is 25.4. The fraction of sp³-hybridized carbons (Fsp3) is 0.679. The second kappa shape index (κ2) is 10.2. The minimum Gasteiger partial charge on any atom is -0.481 e. The van der Waals surface area contributed by atoms with Gasteiger partial charge in [-0.1, -0.05) is 38.5 Å². The van der Waals surface area contributed by atoms with E-state index in [0.29, 0.717) is 6.42 Å². The van der Waals surface area contributed by atoms with Crippen molar-refractivity contribution in [1.29, 1.82) is 0 Å². The van der Waals surface area contributed by atoms with Gasteiger partial charge in [-0.25, -0.2) is 9.78 Å². The topological polar surface area (TPSA) is 84.7 Å². The molecule has 2 saturated carbocycles. The summed E-state index contributed by atoms with van der Waals surface area (Å²) in [5.41, 5.74) is 4.10. The zero-order valence-electron chi connectivity index (χ0n) is 21.2. The van der Waals surface area contributed by atoms with Crippen LogP contribution < -0.4 is 4.90 Å². The number of aromatic nitrogens is 2. The Hall–Kier alpha value is -2.57. The lowest BCUT2D eigenvalue weighted by Crippen LogP contribution is -2.42. The van der Waals surface area contributed by atoms with Crippen molar-refractivity contribution in [2.45, 2.75) is 102 Å². The Morgan fingerprint density at radius 2 is 1.89 bits per heavy atom. The molecule has 2 fully saturated rings. The Labute approximate surface area is 207 Å². The van der Waals surface area contributed by atoms with Crippen molar-refractivity contribution in [3.05, 3.63) is 23.5 Å². The van der Waals surface area contributed by atoms with E-state index in [0.717, 1.165) is 79.0 Å². The number of hydrogen-bond acceptors (Lipinski definition) is 4. The second-order valence-corrected chi connectivity index (χ2v) is 11.0. The van der Waals surface area contributed by atoms with Crippen LogP contribution in [0, 0.1) is 11.8 Å². The molecular weight excluding hydrogens is 442 g/mol. The molecule has 3 atom stereocenters. The first-order chi connectivity index (χ1) is 17.0. The second-order valence-electron chi connectivity index (χ2n) is 11.0. The lowest BCUT2D eigenvalue weighted by molar-refractivity contribution is -0.143. The first kappa shape index (κ1) is 24.1. The third kappa shape index (κ3) is 4.66. The summed E-state index contributed by atoms with van der Waals surface area (Å²) in [6.07, 6.45) is 13.5. The summed E-state index contributed by atoms with van der Waals surface area (Å²) < 4.78 is 7.48. The van der Waals surface area contributed by atoms with Crippen molar-refractivity contribution < 1.29 is 19.4 Å². The Morgan fingerprint density at radius 3 is 2.63 bits per heavy atom. The van der Waals surface area contributed by atoms with Gasteiger partial charge in [-0.05, 0) is 63.5 Å². The van der Waals surface area contributed by atoms with Gasteiger partial charge in [0.25, 0.3) is 0 Å². The molecule has 1 N–H and O–H groups in total. The number of nitrogens with zero attached hydrogens (tertiary/aromatic N) is 3. The molecule has 35 heavy (non-hydrogen) atoms. The van der Waals surface area contributed by atoms with Crippen LogP contribution in [0.3, 0.4) is 0 Å². The molecule has 2 aliphatic carbocycles. The van der Waals surface area contributed by atoms with Crippen molar-refractivity contribution in [1.82, 2.24) is 9.55 Å². The molecule has 0 saturated heterocycles. The summed E-state index contributed by atoms with van der Waals surface area (Å²) in [6, 6.07) is 4.39. The van der Waals surface area contributed by atoms with E-state index in [1.54, 1.807) is 4.90 Å². The molecule has 5 rings (SSSR count). The van der Waals surface area contributed by atoms with Gasteiger partial charge >= 0.3 is 12.1 Å². The van der Waals surface area contributed by atoms with E-state index >= 15 is 0 Å². The van der Waals surface area contributed by atoms with E-state index in [9.17, 15) is 14.7 Å². The predicted octanol–water partition coefficient (Wildman–Crippen LogP) is 6.27. The van der Waals surface area contributed by atoms with E-state index < -0.39 is 5.97 Å². The standard InChI is InChI=1S/C28H39N3O4/c1-18-11-13-22-23(30(18)28(34)35-2)14-15-24-26(22)29-25(16-12-19-7-4-3-5-8-19)31(24)21-10-6-9-20(17-21)27(32)33/h14-15,18-21H,3-13,16-17H2,1-2H3,(H,32,33)/t18?,20-,21-/m1/s1. The highest BCUT2D eigenvalue weighted by atomic mass is 16.5. The third-order valence-corrected chi connectivity index (χ3v) is 8.76. The largest absolute Gasteiger partial charge is 0.481 e. The summed E-state index contributed by atoms with van der Waals surface area (Å²) in [7, 11) is 1.43. The minimum absolute atomic E-state index is 0.0786. The summed E-state index contributed by atoms with van der Waals surface area (Å²) in [5, 5.41) is 9.72. The Kier molecular flexibility index (Phi) is 7.03. The van der Waals surface area contributed by atoms with Crippen molar-refractivity contribution >= 4 is 28.8 Å². The van der Waals surface area contributed by atoms with Gasteiger partial charge < -0.3 is 14.4 Å². The zero-order valence-corrected chi connectivity index (χ0v) is 21.2. The number of anilines is 1. The Bertz CT molecular complexity index is 1090. The number of ether oxygens (including phenoxy) is 1. The van der Waals surface area contributed by atoms with Gasteiger partial charge in [-0.3, -0.25) is 9.69 Å². The lowest BCUT2D eigenvalue weighted by atomic mass is 9.85. The van der Waals surface area contributed by atoms with Gasteiger partial charge in [-0.15, -0.1) is 0 Å². The molecule has 190 valence electrons. The maximum absolute atomic E-state index is 12.6. The first-order valence-corrected chi connectivity index (χ1v) is 13.6. The number of rotatable bonds is 5. The molecule has 0 radical (unpaired) electrons. The highest BCUT2D eigenvalue weighted by molar-refractivity contribution is 5.95. The average Bonchev–Trinajstić information content (AvgIpc) is 3.26. The predicted molar refractivity (Wildman–Crippen MR) is 136 cm³/mol. The third-order valence-electron chi connectivity index (χ3n) is 8.76.